The number of carbonyl (C=O) groups is 1. The Labute approximate surface area is 116 Å². The third-order valence-corrected chi connectivity index (χ3v) is 2.93. The minimum atomic E-state index is -0.0977. The summed E-state index contributed by atoms with van der Waals surface area (Å²) in [4.78, 5) is 18.2. The van der Waals surface area contributed by atoms with Crippen molar-refractivity contribution in [3.8, 4) is 0 Å². The SMILES string of the molecule is CCCCN(C)c1ccnc(C(=O)NCC(C)C)c1. The van der Waals surface area contributed by atoms with Crippen molar-refractivity contribution in [2.45, 2.75) is 33.6 Å². The van der Waals surface area contributed by atoms with Gasteiger partial charge in [0.1, 0.15) is 5.69 Å². The van der Waals surface area contributed by atoms with Gasteiger partial charge in [-0.3, -0.25) is 9.78 Å². The van der Waals surface area contributed by atoms with Gasteiger partial charge in [-0.15, -0.1) is 0 Å². The number of rotatable bonds is 7. The third kappa shape index (κ3) is 5.28. The van der Waals surface area contributed by atoms with E-state index in [4.69, 9.17) is 0 Å². The van der Waals surface area contributed by atoms with Crippen LogP contribution in [0, 0.1) is 5.92 Å². The molecule has 0 unspecified atom stereocenters. The molecule has 1 heterocycles. The summed E-state index contributed by atoms with van der Waals surface area (Å²) in [6, 6.07) is 3.79. The molecule has 0 bridgehead atoms. The molecule has 1 amide bonds. The van der Waals surface area contributed by atoms with Gasteiger partial charge in [0.05, 0.1) is 0 Å². The third-order valence-electron chi connectivity index (χ3n) is 2.93. The first-order valence-corrected chi connectivity index (χ1v) is 7.00. The van der Waals surface area contributed by atoms with E-state index in [1.165, 1.54) is 0 Å². The molecule has 19 heavy (non-hydrogen) atoms. The van der Waals surface area contributed by atoms with Gasteiger partial charge in [0.15, 0.2) is 0 Å². The van der Waals surface area contributed by atoms with E-state index in [1.807, 2.05) is 19.2 Å². The van der Waals surface area contributed by atoms with Gasteiger partial charge < -0.3 is 10.2 Å². The highest BCUT2D eigenvalue weighted by molar-refractivity contribution is 5.93. The van der Waals surface area contributed by atoms with Gasteiger partial charge in [0.2, 0.25) is 0 Å². The van der Waals surface area contributed by atoms with Gasteiger partial charge in [-0.25, -0.2) is 0 Å². The summed E-state index contributed by atoms with van der Waals surface area (Å²) in [5.41, 5.74) is 1.53. The van der Waals surface area contributed by atoms with Crippen LogP contribution in [0.3, 0.4) is 0 Å². The van der Waals surface area contributed by atoms with E-state index < -0.39 is 0 Å². The van der Waals surface area contributed by atoms with Crippen LogP contribution < -0.4 is 10.2 Å². The first kappa shape index (κ1) is 15.5. The Balaban J connectivity index is 2.68. The van der Waals surface area contributed by atoms with E-state index in [-0.39, 0.29) is 5.91 Å². The van der Waals surface area contributed by atoms with Crippen molar-refractivity contribution in [3.63, 3.8) is 0 Å². The highest BCUT2D eigenvalue weighted by atomic mass is 16.1. The predicted octanol–water partition coefficient (Wildman–Crippen LogP) is 2.70. The molecular weight excluding hydrogens is 238 g/mol. The number of amides is 1. The molecule has 0 atom stereocenters. The zero-order valence-electron chi connectivity index (χ0n) is 12.4. The smallest absolute Gasteiger partial charge is 0.269 e. The van der Waals surface area contributed by atoms with Gasteiger partial charge in [-0.1, -0.05) is 27.2 Å². The number of pyridine rings is 1. The zero-order chi connectivity index (χ0) is 14.3. The lowest BCUT2D eigenvalue weighted by molar-refractivity contribution is 0.0944. The van der Waals surface area contributed by atoms with Crippen LogP contribution >= 0.6 is 0 Å². The number of hydrogen-bond donors (Lipinski definition) is 1. The highest BCUT2D eigenvalue weighted by Gasteiger charge is 2.09. The largest absolute Gasteiger partial charge is 0.374 e. The molecule has 106 valence electrons. The molecule has 0 fully saturated rings. The van der Waals surface area contributed by atoms with Crippen LogP contribution in [0.15, 0.2) is 18.3 Å². The van der Waals surface area contributed by atoms with Crippen LogP contribution in [0.1, 0.15) is 44.1 Å². The Morgan fingerprint density at radius 2 is 2.21 bits per heavy atom. The number of hydrogen-bond acceptors (Lipinski definition) is 3. The van der Waals surface area contributed by atoms with Crippen molar-refractivity contribution >= 4 is 11.6 Å². The molecule has 0 aliphatic rings. The van der Waals surface area contributed by atoms with Crippen LogP contribution in [0.4, 0.5) is 5.69 Å². The van der Waals surface area contributed by atoms with Crippen LogP contribution in [-0.2, 0) is 0 Å². The van der Waals surface area contributed by atoms with Crippen LogP contribution in [0.5, 0.6) is 0 Å². The van der Waals surface area contributed by atoms with Gasteiger partial charge in [0, 0.05) is 32.0 Å². The van der Waals surface area contributed by atoms with Crippen molar-refractivity contribution in [2.75, 3.05) is 25.0 Å². The van der Waals surface area contributed by atoms with Gasteiger partial charge in [0.25, 0.3) is 5.91 Å². The van der Waals surface area contributed by atoms with E-state index in [0.717, 1.165) is 25.1 Å². The second-order valence-electron chi connectivity index (χ2n) is 5.28. The summed E-state index contributed by atoms with van der Waals surface area (Å²) in [6.07, 6.45) is 4.01. The van der Waals surface area contributed by atoms with E-state index in [9.17, 15) is 4.79 Å². The summed E-state index contributed by atoms with van der Waals surface area (Å²) in [5.74, 6) is 0.346. The van der Waals surface area contributed by atoms with Crippen molar-refractivity contribution < 1.29 is 4.79 Å². The van der Waals surface area contributed by atoms with Crippen molar-refractivity contribution in [1.29, 1.82) is 0 Å². The summed E-state index contributed by atoms with van der Waals surface area (Å²) in [7, 11) is 2.04. The molecular formula is C15H25N3O. The predicted molar refractivity (Wildman–Crippen MR) is 79.6 cm³/mol. The van der Waals surface area contributed by atoms with Gasteiger partial charge >= 0.3 is 0 Å². The average molecular weight is 263 g/mol. The lowest BCUT2D eigenvalue weighted by Crippen LogP contribution is -2.28. The number of aromatic nitrogens is 1. The summed E-state index contributed by atoms with van der Waals surface area (Å²) < 4.78 is 0. The first-order valence-electron chi connectivity index (χ1n) is 7.00. The molecule has 1 aromatic rings. The van der Waals surface area contributed by atoms with Gasteiger partial charge in [-0.05, 0) is 24.5 Å². The van der Waals surface area contributed by atoms with E-state index in [0.29, 0.717) is 18.2 Å². The van der Waals surface area contributed by atoms with Crippen molar-refractivity contribution in [3.05, 3.63) is 24.0 Å². The van der Waals surface area contributed by atoms with Crippen LogP contribution in [0.25, 0.3) is 0 Å². The summed E-state index contributed by atoms with van der Waals surface area (Å²) >= 11 is 0. The molecule has 1 aromatic heterocycles. The normalized spacial score (nSPS) is 10.6. The Hall–Kier alpha value is -1.58. The van der Waals surface area contributed by atoms with Crippen molar-refractivity contribution in [1.82, 2.24) is 10.3 Å². The summed E-state index contributed by atoms with van der Waals surface area (Å²) in [6.45, 7) is 7.99. The van der Waals surface area contributed by atoms with Crippen molar-refractivity contribution in [2.24, 2.45) is 5.92 Å². The fourth-order valence-electron chi connectivity index (χ4n) is 1.69. The molecule has 0 spiro atoms. The topological polar surface area (TPSA) is 45.2 Å². The molecule has 4 nitrogen and oxygen atoms in total. The number of unbranched alkanes of at least 4 members (excludes halogenated alkanes) is 1. The standard InChI is InChI=1S/C15H25N3O/c1-5-6-9-18(4)13-7-8-16-14(10-13)15(19)17-11-12(2)3/h7-8,10,12H,5-6,9,11H2,1-4H3,(H,17,19). The second-order valence-corrected chi connectivity index (χ2v) is 5.28. The lowest BCUT2D eigenvalue weighted by Gasteiger charge is -2.19. The average Bonchev–Trinajstić information content (AvgIpc) is 2.42. The number of nitrogens with zero attached hydrogens (tertiary/aromatic N) is 2. The van der Waals surface area contributed by atoms with Crippen LogP contribution in [0.2, 0.25) is 0 Å². The Bertz CT molecular complexity index is 404. The quantitative estimate of drug-likeness (QED) is 0.822. The Morgan fingerprint density at radius 3 is 2.84 bits per heavy atom. The van der Waals surface area contributed by atoms with Crippen LogP contribution in [-0.4, -0.2) is 31.0 Å². The first-order chi connectivity index (χ1) is 9.04. The number of anilines is 1. The lowest BCUT2D eigenvalue weighted by atomic mass is 10.2. The van der Waals surface area contributed by atoms with E-state index >= 15 is 0 Å². The Kier molecular flexibility index (Phi) is 6.33. The van der Waals surface area contributed by atoms with E-state index in [2.05, 4.69) is 36.0 Å². The molecule has 0 aromatic carbocycles. The minimum Gasteiger partial charge on any atom is -0.374 e. The minimum absolute atomic E-state index is 0.0977. The fourth-order valence-corrected chi connectivity index (χ4v) is 1.69. The fraction of sp³-hybridized carbons (Fsp3) is 0.600. The van der Waals surface area contributed by atoms with E-state index in [1.54, 1.807) is 6.20 Å². The molecule has 0 aliphatic carbocycles. The maximum Gasteiger partial charge on any atom is 0.269 e. The molecule has 0 radical (unpaired) electrons. The maximum atomic E-state index is 11.9. The molecule has 1 rings (SSSR count). The molecule has 0 aliphatic heterocycles. The second kappa shape index (κ2) is 7.77. The Morgan fingerprint density at radius 1 is 1.47 bits per heavy atom. The molecule has 0 saturated heterocycles. The maximum absolute atomic E-state index is 11.9. The molecule has 4 heteroatoms. The zero-order valence-corrected chi connectivity index (χ0v) is 12.4. The summed E-state index contributed by atoms with van der Waals surface area (Å²) in [5, 5.41) is 2.89. The number of carbonyl (C=O) groups excluding carboxylic acids is 1. The monoisotopic (exact) mass is 263 g/mol. The molecule has 0 saturated carbocycles. The molecule has 1 N–H and O–H groups in total. The number of nitrogens with one attached hydrogen (secondary N) is 1. The highest BCUT2D eigenvalue weighted by Crippen LogP contribution is 2.13. The van der Waals surface area contributed by atoms with Gasteiger partial charge in [-0.2, -0.15) is 0 Å².